The fourth-order valence-electron chi connectivity index (χ4n) is 4.39. The molecule has 2 fully saturated rings. The minimum atomic E-state index is 0. The number of ether oxygens (including phenoxy) is 3. The van der Waals surface area contributed by atoms with Crippen molar-refractivity contribution in [1.82, 2.24) is 10.2 Å². The molecule has 2 heterocycles. The van der Waals surface area contributed by atoms with E-state index in [4.69, 9.17) is 14.2 Å². The highest BCUT2D eigenvalue weighted by Crippen LogP contribution is 2.25. The van der Waals surface area contributed by atoms with Gasteiger partial charge >= 0.3 is 0 Å². The Hall–Kier alpha value is -1.58. The molecule has 1 N–H and O–H groups in total. The van der Waals surface area contributed by atoms with Crippen LogP contribution in [0.15, 0.2) is 47.5 Å². The molecule has 0 spiro atoms. The third-order valence-corrected chi connectivity index (χ3v) is 6.14. The van der Waals surface area contributed by atoms with Crippen LogP contribution in [0.1, 0.15) is 32.1 Å². The molecule has 0 radical (unpaired) electrons. The fourth-order valence-corrected chi connectivity index (χ4v) is 4.39. The Kier molecular flexibility index (Phi) is 10.3. The number of piperidine rings is 1. The number of nitrogens with zero attached hydrogens (tertiary/aromatic N) is 2. The van der Waals surface area contributed by atoms with Gasteiger partial charge in [-0.1, -0.05) is 36.4 Å². The summed E-state index contributed by atoms with van der Waals surface area (Å²) in [5.74, 6) is 1.87. The summed E-state index contributed by atoms with van der Waals surface area (Å²) in [7, 11) is 1.84. The normalized spacial score (nSPS) is 20.1. The maximum absolute atomic E-state index is 6.13. The van der Waals surface area contributed by atoms with Gasteiger partial charge in [0, 0.05) is 32.1 Å². The summed E-state index contributed by atoms with van der Waals surface area (Å²) in [5.41, 5.74) is 0. The van der Waals surface area contributed by atoms with Gasteiger partial charge in [-0.25, -0.2) is 0 Å². The molecular weight excluding hydrogens is 517 g/mol. The van der Waals surface area contributed by atoms with Crippen molar-refractivity contribution in [2.75, 3.05) is 46.5 Å². The number of hydrogen-bond donors (Lipinski definition) is 1. The molecule has 2 aromatic carbocycles. The van der Waals surface area contributed by atoms with Crippen LogP contribution >= 0.6 is 24.0 Å². The van der Waals surface area contributed by atoms with E-state index in [0.29, 0.717) is 25.4 Å². The first-order valence-corrected chi connectivity index (χ1v) is 11.6. The van der Waals surface area contributed by atoms with Crippen LogP contribution in [0.2, 0.25) is 0 Å². The lowest BCUT2D eigenvalue weighted by Gasteiger charge is -2.35. The zero-order chi connectivity index (χ0) is 21.3. The van der Waals surface area contributed by atoms with Gasteiger partial charge in [0.1, 0.15) is 12.4 Å². The lowest BCUT2D eigenvalue weighted by molar-refractivity contribution is -0.0721. The van der Waals surface area contributed by atoms with Gasteiger partial charge < -0.3 is 24.4 Å². The second kappa shape index (κ2) is 13.2. The van der Waals surface area contributed by atoms with E-state index < -0.39 is 0 Å². The predicted molar refractivity (Wildman–Crippen MR) is 140 cm³/mol. The van der Waals surface area contributed by atoms with Gasteiger partial charge in [0.05, 0.1) is 25.4 Å². The van der Waals surface area contributed by atoms with E-state index in [2.05, 4.69) is 39.5 Å². The van der Waals surface area contributed by atoms with Crippen LogP contribution in [-0.4, -0.2) is 69.6 Å². The fraction of sp³-hybridized carbons (Fsp3) is 0.560. The second-order valence-corrected chi connectivity index (χ2v) is 8.31. The number of guanidine groups is 1. The number of fused-ring (bicyclic) bond motifs is 1. The lowest BCUT2D eigenvalue weighted by Crippen LogP contribution is -2.48. The summed E-state index contributed by atoms with van der Waals surface area (Å²) in [6, 6.07) is 14.5. The molecule has 1 atom stereocenters. The average Bonchev–Trinajstić information content (AvgIpc) is 2.84. The maximum atomic E-state index is 6.13. The average molecular weight is 553 g/mol. The van der Waals surface area contributed by atoms with E-state index in [1.54, 1.807) is 0 Å². The quantitative estimate of drug-likeness (QED) is 0.238. The lowest BCUT2D eigenvalue weighted by atomic mass is 10.1. The molecule has 2 saturated heterocycles. The summed E-state index contributed by atoms with van der Waals surface area (Å²) in [6.45, 7) is 4.85. The molecule has 2 aliphatic heterocycles. The minimum absolute atomic E-state index is 0. The monoisotopic (exact) mass is 553 g/mol. The first kappa shape index (κ1) is 25.1. The number of aliphatic imine (C=N–C) groups is 1. The van der Waals surface area contributed by atoms with Crippen molar-refractivity contribution < 1.29 is 14.2 Å². The van der Waals surface area contributed by atoms with Crippen LogP contribution in [-0.2, 0) is 9.47 Å². The van der Waals surface area contributed by atoms with E-state index in [1.165, 1.54) is 18.2 Å². The molecule has 0 bridgehead atoms. The van der Waals surface area contributed by atoms with Gasteiger partial charge in [0.25, 0.3) is 0 Å². The van der Waals surface area contributed by atoms with Gasteiger partial charge in [0.15, 0.2) is 5.96 Å². The van der Waals surface area contributed by atoms with Gasteiger partial charge in [-0.15, -0.1) is 24.0 Å². The van der Waals surface area contributed by atoms with E-state index in [-0.39, 0.29) is 24.0 Å². The van der Waals surface area contributed by atoms with Crippen LogP contribution in [0.3, 0.4) is 0 Å². The van der Waals surface area contributed by atoms with Gasteiger partial charge in [-0.3, -0.25) is 4.99 Å². The van der Waals surface area contributed by atoms with Crippen molar-refractivity contribution in [3.8, 4) is 5.75 Å². The van der Waals surface area contributed by atoms with E-state index in [9.17, 15) is 0 Å². The zero-order valence-corrected chi connectivity index (χ0v) is 21.3. The second-order valence-electron chi connectivity index (χ2n) is 8.31. The number of rotatable bonds is 7. The number of benzene rings is 2. The van der Waals surface area contributed by atoms with Crippen LogP contribution < -0.4 is 10.1 Å². The number of likely N-dealkylation sites (tertiary alicyclic amines) is 1. The van der Waals surface area contributed by atoms with E-state index in [0.717, 1.165) is 62.7 Å². The Labute approximate surface area is 208 Å². The molecule has 4 rings (SSSR count). The number of hydrogen-bond acceptors (Lipinski definition) is 4. The van der Waals surface area contributed by atoms with E-state index in [1.807, 2.05) is 25.2 Å². The zero-order valence-electron chi connectivity index (χ0n) is 19.0. The Morgan fingerprint density at radius 1 is 1.09 bits per heavy atom. The molecule has 1 unspecified atom stereocenters. The first-order valence-electron chi connectivity index (χ1n) is 11.6. The van der Waals surface area contributed by atoms with Crippen molar-refractivity contribution in [1.29, 1.82) is 0 Å². The van der Waals surface area contributed by atoms with E-state index >= 15 is 0 Å². The minimum Gasteiger partial charge on any atom is -0.491 e. The standard InChI is InChI=1S/C25H35N3O3.HI/c1-26-25(27-14-18-30-24-11-6-8-20-7-2-3-10-23(20)24)28-15-12-21(13-16-28)31-19-22-9-4-5-17-29-22;/h2-3,6-8,10-11,21-22H,4-5,9,12-19H2,1H3,(H,26,27);1H. The van der Waals surface area contributed by atoms with Crippen molar-refractivity contribution >= 4 is 40.7 Å². The van der Waals surface area contributed by atoms with Crippen molar-refractivity contribution in [3.63, 3.8) is 0 Å². The molecule has 7 heteroatoms. The van der Waals surface area contributed by atoms with Gasteiger partial charge in [-0.05, 0) is 43.6 Å². The summed E-state index contributed by atoms with van der Waals surface area (Å²) in [4.78, 5) is 6.78. The molecule has 2 aromatic rings. The van der Waals surface area contributed by atoms with Crippen LogP contribution in [0.4, 0.5) is 0 Å². The summed E-state index contributed by atoms with van der Waals surface area (Å²) < 4.78 is 18.0. The topological polar surface area (TPSA) is 55.3 Å². The molecule has 0 amide bonds. The van der Waals surface area contributed by atoms with Crippen molar-refractivity contribution in [2.24, 2.45) is 4.99 Å². The number of halogens is 1. The summed E-state index contributed by atoms with van der Waals surface area (Å²) in [6.07, 6.45) is 6.26. The highest BCUT2D eigenvalue weighted by Gasteiger charge is 2.23. The molecule has 2 aliphatic rings. The Morgan fingerprint density at radius 2 is 1.91 bits per heavy atom. The molecule has 176 valence electrons. The first-order chi connectivity index (χ1) is 15.3. The molecule has 0 aliphatic carbocycles. The van der Waals surface area contributed by atoms with Crippen molar-refractivity contribution in [3.05, 3.63) is 42.5 Å². The molecule has 0 saturated carbocycles. The van der Waals surface area contributed by atoms with Crippen LogP contribution in [0, 0.1) is 0 Å². The van der Waals surface area contributed by atoms with Crippen LogP contribution in [0.5, 0.6) is 5.75 Å². The predicted octanol–water partition coefficient (Wildman–Crippen LogP) is 4.46. The van der Waals surface area contributed by atoms with Gasteiger partial charge in [0.2, 0.25) is 0 Å². The number of nitrogens with one attached hydrogen (secondary N) is 1. The highest BCUT2D eigenvalue weighted by atomic mass is 127. The Morgan fingerprint density at radius 3 is 2.69 bits per heavy atom. The summed E-state index contributed by atoms with van der Waals surface area (Å²) in [5, 5.41) is 5.79. The van der Waals surface area contributed by atoms with Gasteiger partial charge in [-0.2, -0.15) is 0 Å². The molecule has 6 nitrogen and oxygen atoms in total. The molecule has 32 heavy (non-hydrogen) atoms. The highest BCUT2D eigenvalue weighted by molar-refractivity contribution is 14.0. The Balaban J connectivity index is 0.00000289. The van der Waals surface area contributed by atoms with Crippen molar-refractivity contribution in [2.45, 2.75) is 44.3 Å². The SMILES string of the molecule is CN=C(NCCOc1cccc2ccccc12)N1CCC(OCC2CCCCO2)CC1.I. The van der Waals surface area contributed by atoms with Crippen LogP contribution in [0.25, 0.3) is 10.8 Å². The summed E-state index contributed by atoms with van der Waals surface area (Å²) >= 11 is 0. The maximum Gasteiger partial charge on any atom is 0.193 e. The largest absolute Gasteiger partial charge is 0.491 e. The molecule has 0 aromatic heterocycles. The third-order valence-electron chi connectivity index (χ3n) is 6.14. The Bertz CT molecular complexity index is 844. The smallest absolute Gasteiger partial charge is 0.193 e. The molecular formula is C25H36IN3O3. The third kappa shape index (κ3) is 6.96.